The quantitative estimate of drug-likeness (QED) is 0.550. The third-order valence-corrected chi connectivity index (χ3v) is 9.34. The summed E-state index contributed by atoms with van der Waals surface area (Å²) in [5, 5.41) is 19.5. The van der Waals surface area contributed by atoms with Crippen molar-refractivity contribution < 1.29 is 42.1 Å². The van der Waals surface area contributed by atoms with Crippen LogP contribution in [-0.2, 0) is 4.79 Å². The number of carbonyl (C=O) groups is 2. The molecule has 5 saturated carbocycles. The van der Waals surface area contributed by atoms with E-state index >= 15 is 4.39 Å². The highest BCUT2D eigenvalue weighted by Gasteiger charge is 2.62. The summed E-state index contributed by atoms with van der Waals surface area (Å²) in [6.07, 6.45) is 1.25. The molecule has 6 fully saturated rings. The average Bonchev–Trinajstić information content (AvgIpc) is 3.44. The molecule has 196 valence electrons. The van der Waals surface area contributed by atoms with Crippen LogP contribution in [0.25, 0.3) is 0 Å². The van der Waals surface area contributed by atoms with Crippen molar-refractivity contribution in [1.82, 2.24) is 4.90 Å². The van der Waals surface area contributed by atoms with E-state index in [0.717, 1.165) is 55.9 Å². The Kier molecular flexibility index (Phi) is 5.21. The van der Waals surface area contributed by atoms with E-state index < -0.39 is 54.0 Å². The zero-order valence-corrected chi connectivity index (χ0v) is 19.7. The topological polar surface area (TPSA) is 87.1 Å². The van der Waals surface area contributed by atoms with Crippen LogP contribution in [0.2, 0.25) is 0 Å². The number of carboxylic acid groups (broad SMARTS) is 1. The molecule has 7 rings (SSSR count). The predicted molar refractivity (Wildman–Crippen MR) is 118 cm³/mol. The second-order valence-electron chi connectivity index (χ2n) is 11.9. The molecule has 0 aromatic heterocycles. The van der Waals surface area contributed by atoms with Crippen LogP contribution in [-0.4, -0.2) is 58.0 Å². The molecular formula is C26H29F4NO5. The second kappa shape index (κ2) is 7.82. The first kappa shape index (κ1) is 24.0. The summed E-state index contributed by atoms with van der Waals surface area (Å²) in [4.78, 5) is 25.2. The van der Waals surface area contributed by atoms with E-state index in [0.29, 0.717) is 22.8 Å². The molecule has 0 spiro atoms. The van der Waals surface area contributed by atoms with Gasteiger partial charge in [0.1, 0.15) is 17.6 Å². The van der Waals surface area contributed by atoms with E-state index in [1.165, 1.54) is 18.9 Å². The Morgan fingerprint density at radius 3 is 2.31 bits per heavy atom. The number of nitrogens with zero attached hydrogens (tertiary/aromatic N) is 1. The standard InChI is InChI=1S/C26H29F4NO5/c27-19-6-21(36-12-24-7-13-3-15(8-24)16(4-13)9-24)17(14-1-2-14)5-18(19)22(32)31-11-25(35,26(28,29)30)10-20(31)23(33)34/h5-6,13-16,20,35H,1-4,7-12H2,(H,33,34)/t13?,15?,16?,20-,24?,25?/m0/s1. The number of aliphatic hydroxyl groups is 1. The highest BCUT2D eigenvalue weighted by molar-refractivity contribution is 5.98. The Labute approximate surface area is 205 Å². The van der Waals surface area contributed by atoms with E-state index in [1.807, 2.05) is 0 Å². The molecule has 6 nitrogen and oxygen atoms in total. The van der Waals surface area contributed by atoms with Crippen LogP contribution in [0.15, 0.2) is 12.1 Å². The summed E-state index contributed by atoms with van der Waals surface area (Å²) in [6.45, 7) is -0.788. The zero-order valence-electron chi connectivity index (χ0n) is 19.7. The van der Waals surface area contributed by atoms with Crippen LogP contribution in [0.3, 0.4) is 0 Å². The van der Waals surface area contributed by atoms with E-state index in [9.17, 15) is 33.0 Å². The van der Waals surface area contributed by atoms with Gasteiger partial charge in [0, 0.05) is 17.9 Å². The molecular weight excluding hydrogens is 482 g/mol. The Morgan fingerprint density at radius 1 is 1.08 bits per heavy atom. The molecule has 3 unspecified atom stereocenters. The summed E-state index contributed by atoms with van der Waals surface area (Å²) in [5.74, 6) is -1.18. The van der Waals surface area contributed by atoms with Gasteiger partial charge in [-0.1, -0.05) is 0 Å². The maximum Gasteiger partial charge on any atom is 0.419 e. The number of alkyl halides is 3. The third-order valence-electron chi connectivity index (χ3n) is 9.34. The number of hydrogen-bond donors (Lipinski definition) is 2. The first-order valence-corrected chi connectivity index (χ1v) is 12.7. The van der Waals surface area contributed by atoms with Gasteiger partial charge >= 0.3 is 12.1 Å². The molecule has 2 N–H and O–H groups in total. The molecule has 10 heteroatoms. The monoisotopic (exact) mass is 511 g/mol. The van der Waals surface area contributed by atoms with Crippen LogP contribution >= 0.6 is 0 Å². The van der Waals surface area contributed by atoms with Crippen LogP contribution in [0, 0.1) is 29.0 Å². The highest BCUT2D eigenvalue weighted by atomic mass is 19.4. The fraction of sp³-hybridized carbons (Fsp3) is 0.692. The van der Waals surface area contributed by atoms with E-state index in [-0.39, 0.29) is 11.3 Å². The van der Waals surface area contributed by atoms with Crippen molar-refractivity contribution in [3.05, 3.63) is 29.1 Å². The predicted octanol–water partition coefficient (Wildman–Crippen LogP) is 4.50. The van der Waals surface area contributed by atoms with Crippen LogP contribution in [0.5, 0.6) is 5.75 Å². The number of benzene rings is 1. The van der Waals surface area contributed by atoms with Crippen LogP contribution in [0.1, 0.15) is 73.2 Å². The van der Waals surface area contributed by atoms with Gasteiger partial charge in [-0.25, -0.2) is 9.18 Å². The van der Waals surface area contributed by atoms with Gasteiger partial charge in [-0.2, -0.15) is 13.2 Å². The van der Waals surface area contributed by atoms with Gasteiger partial charge in [0.05, 0.1) is 18.7 Å². The van der Waals surface area contributed by atoms with Crippen molar-refractivity contribution in [3.8, 4) is 5.75 Å². The van der Waals surface area contributed by atoms with Crippen molar-refractivity contribution in [2.75, 3.05) is 13.2 Å². The van der Waals surface area contributed by atoms with Crippen molar-refractivity contribution >= 4 is 11.9 Å². The first-order valence-electron chi connectivity index (χ1n) is 12.7. The van der Waals surface area contributed by atoms with Crippen LogP contribution < -0.4 is 4.74 Å². The molecule has 0 radical (unpaired) electrons. The lowest BCUT2D eigenvalue weighted by atomic mass is 9.70. The van der Waals surface area contributed by atoms with E-state index in [1.54, 1.807) is 0 Å². The van der Waals surface area contributed by atoms with Gasteiger partial charge in [0.25, 0.3) is 5.91 Å². The van der Waals surface area contributed by atoms with Crippen molar-refractivity contribution in [3.63, 3.8) is 0 Å². The first-order chi connectivity index (χ1) is 16.9. The number of rotatable bonds is 6. The summed E-state index contributed by atoms with van der Waals surface area (Å²) in [7, 11) is 0. The maximum atomic E-state index is 15.2. The van der Waals surface area contributed by atoms with Crippen LogP contribution in [0.4, 0.5) is 17.6 Å². The Balaban J connectivity index is 1.26. The Morgan fingerprint density at radius 2 is 1.75 bits per heavy atom. The van der Waals surface area contributed by atoms with Gasteiger partial charge in [-0.3, -0.25) is 4.79 Å². The highest BCUT2D eigenvalue weighted by Crippen LogP contribution is 2.64. The third kappa shape index (κ3) is 3.78. The largest absolute Gasteiger partial charge is 0.493 e. The summed E-state index contributed by atoms with van der Waals surface area (Å²) in [6, 6.07) is 0.508. The number of likely N-dealkylation sites (tertiary alicyclic amines) is 1. The van der Waals surface area contributed by atoms with Gasteiger partial charge in [-0.15, -0.1) is 0 Å². The molecule has 4 bridgehead atoms. The lowest BCUT2D eigenvalue weighted by molar-refractivity contribution is -0.253. The molecule has 1 heterocycles. The number of hydrogen-bond acceptors (Lipinski definition) is 4. The molecule has 1 amide bonds. The van der Waals surface area contributed by atoms with Crippen molar-refractivity contribution in [1.29, 1.82) is 0 Å². The lowest BCUT2D eigenvalue weighted by Crippen LogP contribution is -2.48. The van der Waals surface area contributed by atoms with Gasteiger partial charge in [0.2, 0.25) is 0 Å². The minimum absolute atomic E-state index is 0.0571. The molecule has 6 aliphatic rings. The summed E-state index contributed by atoms with van der Waals surface area (Å²) < 4.78 is 61.6. The van der Waals surface area contributed by atoms with Gasteiger partial charge in [-0.05, 0) is 80.2 Å². The fourth-order valence-corrected chi connectivity index (χ4v) is 7.64. The van der Waals surface area contributed by atoms with Gasteiger partial charge < -0.3 is 19.8 Å². The number of aliphatic carboxylic acids is 1. The summed E-state index contributed by atoms with van der Waals surface area (Å²) >= 11 is 0. The lowest BCUT2D eigenvalue weighted by Gasteiger charge is -2.38. The van der Waals surface area contributed by atoms with E-state index in [4.69, 9.17) is 4.74 Å². The molecule has 1 aliphatic heterocycles. The van der Waals surface area contributed by atoms with E-state index in [2.05, 4.69) is 0 Å². The number of carbonyl (C=O) groups excluding carboxylic acids is 1. The Bertz CT molecular complexity index is 1100. The Hall–Kier alpha value is -2.36. The normalized spacial score (nSPS) is 37.1. The summed E-state index contributed by atoms with van der Waals surface area (Å²) in [5.41, 5.74) is -3.14. The molecule has 1 saturated heterocycles. The zero-order chi connectivity index (χ0) is 25.6. The number of halogens is 4. The maximum absolute atomic E-state index is 15.2. The smallest absolute Gasteiger partial charge is 0.419 e. The number of amides is 1. The molecule has 4 atom stereocenters. The minimum atomic E-state index is -5.14. The number of carboxylic acids is 1. The SMILES string of the molecule is O=C(O)[C@@H]1CC(O)(C(F)(F)F)CN1C(=O)c1cc(C2CC2)c(OCC23CC4CC(C2)C(C4)C3)cc1F. The van der Waals surface area contributed by atoms with Crippen molar-refractivity contribution in [2.45, 2.75) is 75.1 Å². The molecule has 1 aromatic carbocycles. The average molecular weight is 512 g/mol. The number of ether oxygens (including phenoxy) is 1. The fourth-order valence-electron chi connectivity index (χ4n) is 7.64. The molecule has 1 aromatic rings. The van der Waals surface area contributed by atoms with Crippen molar-refractivity contribution in [2.24, 2.45) is 23.2 Å². The molecule has 36 heavy (non-hydrogen) atoms. The molecule has 5 aliphatic carbocycles. The van der Waals surface area contributed by atoms with Gasteiger partial charge in [0.15, 0.2) is 5.60 Å². The number of β-amino-alcohol motifs (C(OH)–C–C–N with tert-alkyl or cyclic N) is 1. The second-order valence-corrected chi connectivity index (χ2v) is 11.9. The minimum Gasteiger partial charge on any atom is -0.493 e.